The fourth-order valence-corrected chi connectivity index (χ4v) is 4.00. The molecular weight excluding hydrogens is 370 g/mol. The lowest BCUT2D eigenvalue weighted by Crippen LogP contribution is -2.03. The van der Waals surface area contributed by atoms with Gasteiger partial charge in [-0.15, -0.1) is 11.3 Å². The first-order chi connectivity index (χ1) is 13.8. The molecule has 1 fully saturated rings. The molecule has 0 bridgehead atoms. The highest BCUT2D eigenvalue weighted by Gasteiger charge is 2.26. The normalized spacial score (nSPS) is 14.8. The highest BCUT2D eigenvalue weighted by Crippen LogP contribution is 2.42. The number of hydrogen-bond donors (Lipinski definition) is 0. The van der Waals surface area contributed by atoms with Crippen LogP contribution in [-0.2, 0) is 0 Å². The van der Waals surface area contributed by atoms with E-state index < -0.39 is 0 Å². The second kappa shape index (κ2) is 7.20. The number of aromatic nitrogens is 3. The molecule has 0 unspecified atom stereocenters. The summed E-state index contributed by atoms with van der Waals surface area (Å²) in [5, 5.41) is 7.50. The van der Waals surface area contributed by atoms with Crippen LogP contribution in [0.2, 0.25) is 0 Å². The monoisotopic (exact) mass is 389 g/mol. The second-order valence-corrected chi connectivity index (χ2v) is 7.84. The molecule has 28 heavy (non-hydrogen) atoms. The third-order valence-electron chi connectivity index (χ3n) is 4.73. The number of nitrogens with zero attached hydrogens (tertiary/aromatic N) is 3. The molecule has 1 saturated carbocycles. The average molecular weight is 389 g/mol. The lowest BCUT2D eigenvalue weighted by Gasteiger charge is -2.09. The lowest BCUT2D eigenvalue weighted by molar-refractivity contribution is 0.176. The molecule has 0 aliphatic heterocycles. The molecule has 4 aromatic rings. The van der Waals surface area contributed by atoms with Gasteiger partial charge in [-0.25, -0.2) is 4.98 Å². The maximum atomic E-state index is 5.85. The van der Waals surface area contributed by atoms with Gasteiger partial charge in [0.1, 0.15) is 5.75 Å². The molecule has 1 aliphatic rings. The molecule has 1 aliphatic carbocycles. The quantitative estimate of drug-likeness (QED) is 0.412. The Labute approximate surface area is 167 Å². The van der Waals surface area contributed by atoms with Crippen molar-refractivity contribution >= 4 is 11.3 Å². The predicted octanol–water partition coefficient (Wildman–Crippen LogP) is 5.88. The van der Waals surface area contributed by atoms with E-state index in [1.807, 2.05) is 49.4 Å². The fraction of sp³-hybridized carbons (Fsp3) is 0.227. The van der Waals surface area contributed by atoms with Gasteiger partial charge in [0.15, 0.2) is 6.10 Å². The van der Waals surface area contributed by atoms with E-state index in [1.165, 1.54) is 17.8 Å². The van der Waals surface area contributed by atoms with Crippen LogP contribution in [0.1, 0.15) is 42.7 Å². The first-order valence-corrected chi connectivity index (χ1v) is 10.3. The largest absolute Gasteiger partial charge is 0.481 e. The molecule has 140 valence electrons. The van der Waals surface area contributed by atoms with Crippen LogP contribution in [-0.4, -0.2) is 15.1 Å². The molecule has 5 rings (SSSR count). The van der Waals surface area contributed by atoms with Gasteiger partial charge in [-0.05, 0) is 31.9 Å². The van der Waals surface area contributed by atoms with Gasteiger partial charge in [0.25, 0.3) is 5.89 Å². The highest BCUT2D eigenvalue weighted by atomic mass is 32.1. The van der Waals surface area contributed by atoms with E-state index in [1.54, 1.807) is 11.3 Å². The summed E-state index contributed by atoms with van der Waals surface area (Å²) in [5.74, 6) is 2.47. The van der Waals surface area contributed by atoms with E-state index in [0.29, 0.717) is 17.6 Å². The van der Waals surface area contributed by atoms with E-state index in [-0.39, 0.29) is 6.10 Å². The number of rotatable bonds is 6. The molecule has 0 saturated heterocycles. The molecule has 0 amide bonds. The molecule has 0 N–H and O–H groups in total. The van der Waals surface area contributed by atoms with Gasteiger partial charge in [-0.3, -0.25) is 0 Å². The van der Waals surface area contributed by atoms with E-state index in [2.05, 4.69) is 27.7 Å². The van der Waals surface area contributed by atoms with Gasteiger partial charge in [0.2, 0.25) is 5.82 Å². The van der Waals surface area contributed by atoms with Crippen molar-refractivity contribution in [3.05, 3.63) is 70.9 Å². The molecule has 1 atom stereocenters. The van der Waals surface area contributed by atoms with Crippen molar-refractivity contribution in [1.82, 2.24) is 15.1 Å². The Morgan fingerprint density at radius 2 is 1.75 bits per heavy atom. The third-order valence-corrected chi connectivity index (χ3v) is 5.74. The maximum Gasteiger partial charge on any atom is 0.267 e. The summed E-state index contributed by atoms with van der Waals surface area (Å²) in [6, 6.07) is 17.7. The topological polar surface area (TPSA) is 61.0 Å². The van der Waals surface area contributed by atoms with Crippen molar-refractivity contribution in [1.29, 1.82) is 0 Å². The Hall–Kier alpha value is -2.99. The van der Waals surface area contributed by atoms with Gasteiger partial charge < -0.3 is 9.26 Å². The van der Waals surface area contributed by atoms with Crippen molar-refractivity contribution in [3.8, 4) is 28.4 Å². The third kappa shape index (κ3) is 3.55. The minimum atomic E-state index is -0.321. The van der Waals surface area contributed by atoms with Crippen molar-refractivity contribution in [2.75, 3.05) is 0 Å². The number of hydrogen-bond acceptors (Lipinski definition) is 6. The summed E-state index contributed by atoms with van der Waals surface area (Å²) < 4.78 is 11.3. The molecule has 0 spiro atoms. The van der Waals surface area contributed by atoms with Crippen LogP contribution in [0, 0.1) is 0 Å². The second-order valence-electron chi connectivity index (χ2n) is 6.95. The molecule has 2 aromatic heterocycles. The zero-order chi connectivity index (χ0) is 18.9. The summed E-state index contributed by atoms with van der Waals surface area (Å²) in [5.41, 5.74) is 3.05. The Morgan fingerprint density at radius 3 is 2.50 bits per heavy atom. The fourth-order valence-electron chi connectivity index (χ4n) is 3.00. The molecule has 2 heterocycles. The molecule has 0 radical (unpaired) electrons. The summed E-state index contributed by atoms with van der Waals surface area (Å²) in [6.07, 6.45) is 2.23. The van der Waals surface area contributed by atoms with Crippen molar-refractivity contribution < 1.29 is 9.26 Å². The van der Waals surface area contributed by atoms with Gasteiger partial charge in [0, 0.05) is 22.4 Å². The summed E-state index contributed by atoms with van der Waals surface area (Å²) in [4.78, 5) is 9.26. The van der Waals surface area contributed by atoms with Gasteiger partial charge >= 0.3 is 0 Å². The van der Waals surface area contributed by atoms with Gasteiger partial charge in [0.05, 0.1) is 10.7 Å². The zero-order valence-electron chi connectivity index (χ0n) is 15.4. The van der Waals surface area contributed by atoms with E-state index in [0.717, 1.165) is 22.6 Å². The zero-order valence-corrected chi connectivity index (χ0v) is 16.2. The van der Waals surface area contributed by atoms with Crippen LogP contribution >= 0.6 is 11.3 Å². The summed E-state index contributed by atoms with van der Waals surface area (Å²) >= 11 is 1.76. The van der Waals surface area contributed by atoms with Crippen LogP contribution in [0.5, 0.6) is 5.75 Å². The molecule has 6 heteroatoms. The average Bonchev–Trinajstić information content (AvgIpc) is 3.26. The lowest BCUT2D eigenvalue weighted by atomic mass is 10.1. The number of thiazole rings is 1. The Kier molecular flexibility index (Phi) is 4.41. The van der Waals surface area contributed by atoms with Crippen LogP contribution in [0.25, 0.3) is 22.6 Å². The van der Waals surface area contributed by atoms with Crippen molar-refractivity contribution in [2.45, 2.75) is 31.8 Å². The predicted molar refractivity (Wildman–Crippen MR) is 108 cm³/mol. The number of ether oxygens (including phenoxy) is 1. The van der Waals surface area contributed by atoms with Gasteiger partial charge in [-0.2, -0.15) is 4.98 Å². The van der Waals surface area contributed by atoms with E-state index in [9.17, 15) is 0 Å². The maximum absolute atomic E-state index is 5.85. The van der Waals surface area contributed by atoms with E-state index >= 15 is 0 Å². The SMILES string of the molecule is C[C@@H](Oc1ccccc1)c1nc(-c2ccc(-c3csc(C4CC4)n3)cc2)no1. The molecule has 5 nitrogen and oxygen atoms in total. The summed E-state index contributed by atoms with van der Waals surface area (Å²) in [6.45, 7) is 1.90. The van der Waals surface area contributed by atoms with Crippen LogP contribution < -0.4 is 4.74 Å². The van der Waals surface area contributed by atoms with Gasteiger partial charge in [-0.1, -0.05) is 47.6 Å². The minimum Gasteiger partial charge on any atom is -0.481 e. The smallest absolute Gasteiger partial charge is 0.267 e. The highest BCUT2D eigenvalue weighted by molar-refractivity contribution is 7.10. The van der Waals surface area contributed by atoms with Crippen molar-refractivity contribution in [2.24, 2.45) is 0 Å². The Balaban J connectivity index is 1.31. The first-order valence-electron chi connectivity index (χ1n) is 9.38. The van der Waals surface area contributed by atoms with E-state index in [4.69, 9.17) is 14.2 Å². The Morgan fingerprint density at radius 1 is 1.00 bits per heavy atom. The molecular formula is C22H19N3O2S. The van der Waals surface area contributed by atoms with Crippen LogP contribution in [0.4, 0.5) is 0 Å². The summed E-state index contributed by atoms with van der Waals surface area (Å²) in [7, 11) is 0. The van der Waals surface area contributed by atoms with Crippen LogP contribution in [0.3, 0.4) is 0 Å². The van der Waals surface area contributed by atoms with Crippen LogP contribution in [0.15, 0.2) is 64.5 Å². The first kappa shape index (κ1) is 17.1. The Bertz CT molecular complexity index is 1070. The molecule has 2 aromatic carbocycles. The number of para-hydroxylation sites is 1. The minimum absolute atomic E-state index is 0.321. The standard InChI is InChI=1S/C22H19N3O2S/c1-14(26-18-5-3-2-4-6-18)21-24-20(25-27-21)16-9-7-15(8-10-16)19-13-28-22(23-19)17-11-12-17/h2-10,13-14,17H,11-12H2,1H3/t14-/m1/s1. The van der Waals surface area contributed by atoms with Crippen molar-refractivity contribution in [3.63, 3.8) is 0 Å². The number of benzene rings is 2.